The molecule has 8 heteroatoms. The highest BCUT2D eigenvalue weighted by molar-refractivity contribution is 7.88. The number of pyridine rings is 1. The third kappa shape index (κ3) is 3.48. The van der Waals surface area contributed by atoms with E-state index in [4.69, 9.17) is 0 Å². The summed E-state index contributed by atoms with van der Waals surface area (Å²) in [7, 11) is -3.27. The number of hydrogen-bond donors (Lipinski definition) is 0. The van der Waals surface area contributed by atoms with Crippen molar-refractivity contribution >= 4 is 10.0 Å². The molecule has 0 radical (unpaired) electrons. The Kier molecular flexibility index (Phi) is 4.27. The van der Waals surface area contributed by atoms with Crippen molar-refractivity contribution in [3.63, 3.8) is 0 Å². The summed E-state index contributed by atoms with van der Waals surface area (Å²) in [5.74, 6) is 0. The third-order valence-corrected chi connectivity index (χ3v) is 5.31. The van der Waals surface area contributed by atoms with E-state index in [2.05, 4.69) is 10.1 Å². The van der Waals surface area contributed by atoms with Gasteiger partial charge in [0.05, 0.1) is 18.5 Å². The van der Waals surface area contributed by atoms with E-state index < -0.39 is 10.0 Å². The van der Waals surface area contributed by atoms with E-state index in [0.717, 1.165) is 18.4 Å². The zero-order valence-electron chi connectivity index (χ0n) is 12.8. The molecule has 122 valence electrons. The molecule has 0 aliphatic carbocycles. The molecule has 2 aromatic heterocycles. The van der Waals surface area contributed by atoms with Crippen molar-refractivity contribution in [1.29, 1.82) is 0 Å². The molecule has 3 rings (SSSR count). The average molecular weight is 334 g/mol. The van der Waals surface area contributed by atoms with Gasteiger partial charge >= 0.3 is 0 Å². The molecular weight excluding hydrogens is 316 g/mol. The molecule has 3 heterocycles. The van der Waals surface area contributed by atoms with Crippen LogP contribution in [0.2, 0.25) is 0 Å². The summed E-state index contributed by atoms with van der Waals surface area (Å²) in [5.41, 5.74) is 1.29. The van der Waals surface area contributed by atoms with Crippen LogP contribution in [0.1, 0.15) is 12.8 Å². The number of aromatic nitrogens is 3. The van der Waals surface area contributed by atoms with Crippen LogP contribution in [0.3, 0.4) is 0 Å². The standard InChI is InChI=1S/C15H18N4O3S/c1-23(21,22)19-10-2-3-13(19)11-18-15(20)5-4-14(17-18)12-6-8-16-9-7-12/h4-9,13H,2-3,10-11H2,1H3. The molecule has 1 unspecified atom stereocenters. The number of hydrogen-bond acceptors (Lipinski definition) is 5. The zero-order valence-corrected chi connectivity index (χ0v) is 13.6. The largest absolute Gasteiger partial charge is 0.268 e. The van der Waals surface area contributed by atoms with Gasteiger partial charge in [0.2, 0.25) is 10.0 Å². The van der Waals surface area contributed by atoms with Crippen LogP contribution in [0.4, 0.5) is 0 Å². The van der Waals surface area contributed by atoms with Gasteiger partial charge in [-0.1, -0.05) is 0 Å². The molecule has 1 fully saturated rings. The molecule has 1 saturated heterocycles. The summed E-state index contributed by atoms with van der Waals surface area (Å²) in [4.78, 5) is 16.0. The summed E-state index contributed by atoms with van der Waals surface area (Å²) < 4.78 is 26.4. The molecule has 0 saturated carbocycles. The maximum Gasteiger partial charge on any atom is 0.266 e. The first-order chi connectivity index (χ1) is 10.9. The van der Waals surface area contributed by atoms with Crippen LogP contribution in [-0.2, 0) is 16.6 Å². The Morgan fingerprint density at radius 1 is 1.22 bits per heavy atom. The van der Waals surface area contributed by atoms with Gasteiger partial charge in [-0.25, -0.2) is 13.1 Å². The molecule has 7 nitrogen and oxygen atoms in total. The van der Waals surface area contributed by atoms with Gasteiger partial charge in [0, 0.05) is 36.6 Å². The Hall–Kier alpha value is -2.06. The lowest BCUT2D eigenvalue weighted by Crippen LogP contribution is -2.40. The van der Waals surface area contributed by atoms with Crippen molar-refractivity contribution in [2.75, 3.05) is 12.8 Å². The fraction of sp³-hybridized carbons (Fsp3) is 0.400. The predicted molar refractivity (Wildman–Crippen MR) is 86.3 cm³/mol. The number of rotatable bonds is 4. The second kappa shape index (κ2) is 6.21. The van der Waals surface area contributed by atoms with Gasteiger partial charge in [-0.15, -0.1) is 0 Å². The summed E-state index contributed by atoms with van der Waals surface area (Å²) in [6.45, 7) is 0.771. The predicted octanol–water partition coefficient (Wildman–Crippen LogP) is 0.729. The lowest BCUT2D eigenvalue weighted by molar-refractivity contribution is 0.338. The Balaban J connectivity index is 1.90. The van der Waals surface area contributed by atoms with Gasteiger partial charge < -0.3 is 0 Å². The molecule has 1 aliphatic heterocycles. The Bertz CT molecular complexity index is 849. The first-order valence-electron chi connectivity index (χ1n) is 7.40. The highest BCUT2D eigenvalue weighted by Crippen LogP contribution is 2.21. The molecule has 1 atom stereocenters. The molecule has 23 heavy (non-hydrogen) atoms. The first kappa shape index (κ1) is 15.8. The van der Waals surface area contributed by atoms with Crippen LogP contribution in [0.25, 0.3) is 11.3 Å². The molecule has 0 amide bonds. The van der Waals surface area contributed by atoms with Crippen molar-refractivity contribution in [3.8, 4) is 11.3 Å². The maximum absolute atomic E-state index is 12.1. The maximum atomic E-state index is 12.1. The van der Waals surface area contributed by atoms with Crippen LogP contribution >= 0.6 is 0 Å². The van der Waals surface area contributed by atoms with E-state index in [0.29, 0.717) is 12.2 Å². The van der Waals surface area contributed by atoms with Gasteiger partial charge in [0.1, 0.15) is 0 Å². The minimum Gasteiger partial charge on any atom is -0.268 e. The second-order valence-corrected chi connectivity index (χ2v) is 7.58. The number of nitrogens with zero attached hydrogens (tertiary/aromatic N) is 4. The molecule has 0 N–H and O–H groups in total. The highest BCUT2D eigenvalue weighted by Gasteiger charge is 2.32. The lowest BCUT2D eigenvalue weighted by Gasteiger charge is -2.22. The average Bonchev–Trinajstić information content (AvgIpc) is 2.99. The Morgan fingerprint density at radius 3 is 2.65 bits per heavy atom. The summed E-state index contributed by atoms with van der Waals surface area (Å²) >= 11 is 0. The van der Waals surface area contributed by atoms with Crippen molar-refractivity contribution in [2.45, 2.75) is 25.4 Å². The quantitative estimate of drug-likeness (QED) is 0.823. The minimum absolute atomic E-state index is 0.220. The van der Waals surface area contributed by atoms with E-state index in [1.165, 1.54) is 21.3 Å². The van der Waals surface area contributed by atoms with E-state index in [1.54, 1.807) is 18.5 Å². The SMILES string of the molecule is CS(=O)(=O)N1CCCC1Cn1nc(-c2ccncc2)ccc1=O. The number of sulfonamides is 1. The molecule has 1 aliphatic rings. The first-order valence-corrected chi connectivity index (χ1v) is 9.25. The zero-order chi connectivity index (χ0) is 16.4. The van der Waals surface area contributed by atoms with Crippen molar-refractivity contribution in [1.82, 2.24) is 19.1 Å². The van der Waals surface area contributed by atoms with Gasteiger partial charge in [-0.2, -0.15) is 9.40 Å². The monoisotopic (exact) mass is 334 g/mol. The van der Waals surface area contributed by atoms with E-state index in [-0.39, 0.29) is 18.1 Å². The summed E-state index contributed by atoms with van der Waals surface area (Å²) in [6, 6.07) is 6.54. The fourth-order valence-corrected chi connectivity index (χ4v) is 4.06. The van der Waals surface area contributed by atoms with Crippen LogP contribution < -0.4 is 5.56 Å². The molecule has 0 aromatic carbocycles. The van der Waals surface area contributed by atoms with Crippen LogP contribution in [0.15, 0.2) is 41.5 Å². The smallest absolute Gasteiger partial charge is 0.266 e. The van der Waals surface area contributed by atoms with Crippen LogP contribution in [0, 0.1) is 0 Å². The third-order valence-electron chi connectivity index (χ3n) is 3.98. The van der Waals surface area contributed by atoms with E-state index in [1.807, 2.05) is 12.1 Å². The summed E-state index contributed by atoms with van der Waals surface area (Å²) in [5, 5.41) is 4.38. The highest BCUT2D eigenvalue weighted by atomic mass is 32.2. The van der Waals surface area contributed by atoms with Gasteiger partial charge in [-0.05, 0) is 31.0 Å². The van der Waals surface area contributed by atoms with Crippen LogP contribution in [-0.4, -0.2) is 46.3 Å². The van der Waals surface area contributed by atoms with Gasteiger partial charge in [-0.3, -0.25) is 9.78 Å². The molecule has 0 spiro atoms. The lowest BCUT2D eigenvalue weighted by atomic mass is 10.2. The molecule has 0 bridgehead atoms. The second-order valence-electron chi connectivity index (χ2n) is 5.64. The van der Waals surface area contributed by atoms with Gasteiger partial charge in [0.25, 0.3) is 5.56 Å². The van der Waals surface area contributed by atoms with Crippen molar-refractivity contribution in [3.05, 3.63) is 47.0 Å². The topological polar surface area (TPSA) is 85.2 Å². The minimum atomic E-state index is -3.27. The molecule has 2 aromatic rings. The van der Waals surface area contributed by atoms with Gasteiger partial charge in [0.15, 0.2) is 0 Å². The van der Waals surface area contributed by atoms with Crippen LogP contribution in [0.5, 0.6) is 0 Å². The van der Waals surface area contributed by atoms with Crippen molar-refractivity contribution in [2.24, 2.45) is 0 Å². The normalized spacial score (nSPS) is 19.1. The summed E-state index contributed by atoms with van der Waals surface area (Å²) in [6.07, 6.45) is 6.07. The molecular formula is C15H18N4O3S. The Morgan fingerprint density at radius 2 is 1.96 bits per heavy atom. The van der Waals surface area contributed by atoms with E-state index >= 15 is 0 Å². The van der Waals surface area contributed by atoms with Crippen molar-refractivity contribution < 1.29 is 8.42 Å². The Labute approximate surface area is 134 Å². The fourth-order valence-electron chi connectivity index (χ4n) is 2.88. The van der Waals surface area contributed by atoms with E-state index in [9.17, 15) is 13.2 Å².